The molecule has 0 aliphatic carbocycles. The second-order valence-corrected chi connectivity index (χ2v) is 3.56. The van der Waals surface area contributed by atoms with Gasteiger partial charge in [-0.05, 0) is 11.9 Å². The van der Waals surface area contributed by atoms with Crippen LogP contribution in [0.2, 0.25) is 0 Å². The summed E-state index contributed by atoms with van der Waals surface area (Å²) in [7, 11) is 1.98. The van der Waals surface area contributed by atoms with Crippen LogP contribution in [0.4, 0.5) is 0 Å². The summed E-state index contributed by atoms with van der Waals surface area (Å²) in [6, 6.07) is 0. The van der Waals surface area contributed by atoms with Crippen molar-refractivity contribution in [2.75, 3.05) is 6.26 Å². The number of H-pyrrole nitrogens is 2. The van der Waals surface area contributed by atoms with E-state index in [0.29, 0.717) is 0 Å². The van der Waals surface area contributed by atoms with Gasteiger partial charge in [-0.25, -0.2) is 11.8 Å². The Labute approximate surface area is 113 Å². The third-order valence-corrected chi connectivity index (χ3v) is 2.67. The summed E-state index contributed by atoms with van der Waals surface area (Å²) in [5.74, 6) is 0. The molecule has 2 aromatic rings. The molecule has 0 unspecified atom stereocenters. The first-order valence-corrected chi connectivity index (χ1v) is 5.13. The summed E-state index contributed by atoms with van der Waals surface area (Å²) >= 11 is 1.70. The molecule has 5 heteroatoms. The van der Waals surface area contributed by atoms with E-state index in [1.807, 2.05) is 30.4 Å². The Morgan fingerprint density at radius 1 is 1.57 bits per heavy atom. The molecule has 2 aromatic heterocycles. The first kappa shape index (κ1) is 12.0. The number of nitrogens with zero attached hydrogens (tertiary/aromatic N) is 1. The number of hydrogen-bond acceptors (Lipinski definition) is 1. The molecule has 0 fully saturated rings. The van der Waals surface area contributed by atoms with Crippen LogP contribution < -0.4 is 4.98 Å². The maximum atomic E-state index is 3.08. The van der Waals surface area contributed by atoms with Gasteiger partial charge < -0.3 is 14.5 Å². The second-order valence-electron chi connectivity index (χ2n) is 2.71. The topological polar surface area (TPSA) is 34.9 Å². The fourth-order valence-corrected chi connectivity index (χ4v) is 1.76. The Balaban J connectivity index is 0.000000980. The number of hydrogen-bond donors (Lipinski definition) is 1. The van der Waals surface area contributed by atoms with E-state index >= 15 is 0 Å². The quantitative estimate of drug-likeness (QED) is 0.650. The predicted octanol–water partition coefficient (Wildman–Crippen LogP) is 1.15. The fraction of sp³-hybridized carbons (Fsp3) is 0.222. The number of aromatic amines is 2. The van der Waals surface area contributed by atoms with Gasteiger partial charge >= 0.3 is 0 Å². The summed E-state index contributed by atoms with van der Waals surface area (Å²) in [6.45, 7) is 0. The van der Waals surface area contributed by atoms with Crippen molar-refractivity contribution in [3.8, 4) is 11.3 Å². The van der Waals surface area contributed by atoms with Gasteiger partial charge in [0.25, 0.3) is 0 Å². The molecule has 0 saturated carbocycles. The van der Waals surface area contributed by atoms with Crippen molar-refractivity contribution in [1.29, 1.82) is 0 Å². The average Bonchev–Trinajstić information content (AvgIpc) is 2.71. The Hall–Kier alpha value is -0.0561. The SMILES string of the molecule is CSc1c[nH][c-]c1-c1[c-][nH+]cn1C.[Y]. The summed E-state index contributed by atoms with van der Waals surface area (Å²) in [6.07, 6.45) is 12.0. The van der Waals surface area contributed by atoms with Gasteiger partial charge in [-0.3, -0.25) is 0 Å². The van der Waals surface area contributed by atoms with Crippen LogP contribution >= 0.6 is 11.8 Å². The zero-order valence-corrected chi connectivity index (χ0v) is 11.7. The molecule has 14 heavy (non-hydrogen) atoms. The van der Waals surface area contributed by atoms with Crippen molar-refractivity contribution in [3.05, 3.63) is 24.9 Å². The van der Waals surface area contributed by atoms with Gasteiger partial charge in [0.2, 0.25) is 0 Å². The maximum Gasteiger partial charge on any atom is 0.136 e. The fourth-order valence-electron chi connectivity index (χ4n) is 1.23. The molecule has 0 amide bonds. The van der Waals surface area contributed by atoms with Crippen LogP contribution in [-0.4, -0.2) is 15.8 Å². The number of aromatic nitrogens is 3. The van der Waals surface area contributed by atoms with E-state index in [2.05, 4.69) is 22.4 Å². The molecular weight excluding hydrogens is 271 g/mol. The zero-order chi connectivity index (χ0) is 9.26. The van der Waals surface area contributed by atoms with Crippen LogP contribution in [0, 0.1) is 12.4 Å². The van der Waals surface area contributed by atoms with Crippen LogP contribution in [0.25, 0.3) is 11.3 Å². The number of rotatable bonds is 2. The van der Waals surface area contributed by atoms with Crippen molar-refractivity contribution in [2.24, 2.45) is 7.05 Å². The smallest absolute Gasteiger partial charge is 0.136 e. The van der Waals surface area contributed by atoms with E-state index in [9.17, 15) is 0 Å². The minimum absolute atomic E-state index is 0. The van der Waals surface area contributed by atoms with Gasteiger partial charge in [0, 0.05) is 38.9 Å². The largest absolute Gasteiger partial charge is 0.464 e. The third-order valence-electron chi connectivity index (χ3n) is 1.91. The molecule has 1 radical (unpaired) electrons. The van der Waals surface area contributed by atoms with Gasteiger partial charge in [-0.2, -0.15) is 5.56 Å². The molecule has 2 N–H and O–H groups in total. The maximum absolute atomic E-state index is 3.08. The molecule has 0 spiro atoms. The van der Waals surface area contributed by atoms with E-state index in [0.717, 1.165) is 11.3 Å². The van der Waals surface area contributed by atoms with Crippen LogP contribution in [0.3, 0.4) is 0 Å². The molecule has 0 aromatic carbocycles. The number of aryl methyl sites for hydroxylation is 1. The van der Waals surface area contributed by atoms with Crippen molar-refractivity contribution in [1.82, 2.24) is 9.55 Å². The van der Waals surface area contributed by atoms with Gasteiger partial charge in [-0.1, -0.05) is 0 Å². The van der Waals surface area contributed by atoms with Crippen LogP contribution in [0.5, 0.6) is 0 Å². The van der Waals surface area contributed by atoms with Gasteiger partial charge in [-0.15, -0.1) is 17.3 Å². The molecule has 2 heterocycles. The van der Waals surface area contributed by atoms with E-state index in [1.54, 1.807) is 11.8 Å². The van der Waals surface area contributed by atoms with Gasteiger partial charge in [0.15, 0.2) is 0 Å². The van der Waals surface area contributed by atoms with Crippen LogP contribution in [-0.2, 0) is 39.8 Å². The van der Waals surface area contributed by atoms with E-state index in [1.165, 1.54) is 4.90 Å². The molecule has 71 valence electrons. The monoisotopic (exact) mass is 281 g/mol. The normalized spacial score (nSPS) is 9.86. The number of thioether (sulfide) groups is 1. The molecule has 3 nitrogen and oxygen atoms in total. The van der Waals surface area contributed by atoms with Crippen molar-refractivity contribution < 1.29 is 37.7 Å². The molecule has 0 atom stereocenters. The number of nitrogens with one attached hydrogen (secondary N) is 2. The van der Waals surface area contributed by atoms with Gasteiger partial charge in [0.1, 0.15) is 6.33 Å². The predicted molar refractivity (Wildman–Crippen MR) is 51.2 cm³/mol. The molecule has 0 bridgehead atoms. The van der Waals surface area contributed by atoms with Gasteiger partial charge in [0.05, 0.1) is 7.05 Å². The molecule has 2 rings (SSSR count). The van der Waals surface area contributed by atoms with E-state index in [4.69, 9.17) is 0 Å². The molecule has 0 saturated heterocycles. The summed E-state index contributed by atoms with van der Waals surface area (Å²) in [5, 5.41) is 0. The standard InChI is InChI=1S/C9H10N3S.Y/c1-12-6-11-4-8(12)7-3-10-5-9(7)13-2;/h5-6,10-11H,1-2H3;/q-1;. The minimum Gasteiger partial charge on any atom is -0.464 e. The average molecular weight is 281 g/mol. The molecule has 0 aliphatic heterocycles. The Bertz CT molecular complexity index is 408. The summed E-state index contributed by atoms with van der Waals surface area (Å²) in [4.78, 5) is 7.09. The molecule has 0 aliphatic rings. The summed E-state index contributed by atoms with van der Waals surface area (Å²) in [5.41, 5.74) is 2.09. The van der Waals surface area contributed by atoms with Crippen LogP contribution in [0.1, 0.15) is 0 Å². The van der Waals surface area contributed by atoms with Crippen LogP contribution in [0.15, 0.2) is 17.4 Å². The Morgan fingerprint density at radius 3 is 2.93 bits per heavy atom. The molecular formula is C9H10N3SY-. The Kier molecular flexibility index (Phi) is 4.42. The number of imidazole rings is 1. The second kappa shape index (κ2) is 5.15. The first-order chi connectivity index (χ1) is 6.33. The van der Waals surface area contributed by atoms with Crippen molar-refractivity contribution in [3.63, 3.8) is 0 Å². The van der Waals surface area contributed by atoms with Crippen molar-refractivity contribution >= 4 is 11.8 Å². The minimum atomic E-state index is 0. The zero-order valence-electron chi connectivity index (χ0n) is 8.09. The first-order valence-electron chi connectivity index (χ1n) is 3.91. The third kappa shape index (κ3) is 2.13. The Morgan fingerprint density at radius 2 is 2.36 bits per heavy atom. The van der Waals surface area contributed by atoms with Crippen molar-refractivity contribution in [2.45, 2.75) is 4.90 Å². The van der Waals surface area contributed by atoms with E-state index < -0.39 is 0 Å². The van der Waals surface area contributed by atoms with E-state index in [-0.39, 0.29) is 32.7 Å². The summed E-state index contributed by atoms with van der Waals surface area (Å²) < 4.78 is 1.99.